The Hall–Kier alpha value is -0.670. The van der Waals surface area contributed by atoms with Crippen LogP contribution in [-0.2, 0) is 24.7 Å². The van der Waals surface area contributed by atoms with Crippen LogP contribution in [0, 0.1) is 5.92 Å². The molecule has 2 atom stereocenters. The number of sulfonamides is 1. The van der Waals surface area contributed by atoms with E-state index < -0.39 is 37.0 Å². The van der Waals surface area contributed by atoms with Gasteiger partial charge in [-0.25, -0.2) is 21.6 Å². The van der Waals surface area contributed by atoms with Crippen LogP contribution in [-0.4, -0.2) is 50.7 Å². The molecule has 2 unspecified atom stereocenters. The molecule has 1 aliphatic heterocycles. The molecule has 7 nitrogen and oxygen atoms in total. The highest BCUT2D eigenvalue weighted by molar-refractivity contribution is 7.92. The molecule has 116 valence electrons. The SMILES string of the molecule is O=C(O)C1CCC(NS(=O)(=O)C2CCS(=O)(=O)CC2)C1. The van der Waals surface area contributed by atoms with Gasteiger partial charge in [-0.05, 0) is 32.1 Å². The fraction of sp³-hybridized carbons (Fsp3) is 0.909. The molecule has 2 rings (SSSR count). The summed E-state index contributed by atoms with van der Waals surface area (Å²) in [6.07, 6.45) is 1.53. The highest BCUT2D eigenvalue weighted by Gasteiger charge is 2.37. The maximum absolute atomic E-state index is 12.2. The van der Waals surface area contributed by atoms with Crippen LogP contribution >= 0.6 is 0 Å². The molecule has 0 amide bonds. The number of hydrogen-bond acceptors (Lipinski definition) is 5. The number of hydrogen-bond donors (Lipinski definition) is 2. The summed E-state index contributed by atoms with van der Waals surface area (Å²) in [6, 6.07) is -0.348. The van der Waals surface area contributed by atoms with Crippen molar-refractivity contribution in [2.75, 3.05) is 11.5 Å². The van der Waals surface area contributed by atoms with E-state index in [0.29, 0.717) is 19.3 Å². The van der Waals surface area contributed by atoms with Gasteiger partial charge in [-0.15, -0.1) is 0 Å². The highest BCUT2D eigenvalue weighted by atomic mass is 32.2. The fourth-order valence-electron chi connectivity index (χ4n) is 2.82. The molecule has 2 aliphatic rings. The summed E-state index contributed by atoms with van der Waals surface area (Å²) in [6.45, 7) is 0. The number of carboxylic acids is 1. The van der Waals surface area contributed by atoms with Gasteiger partial charge in [0.05, 0.1) is 22.7 Å². The Kier molecular flexibility index (Phi) is 4.41. The maximum Gasteiger partial charge on any atom is 0.306 e. The zero-order valence-electron chi connectivity index (χ0n) is 11.0. The quantitative estimate of drug-likeness (QED) is 0.735. The predicted molar refractivity (Wildman–Crippen MR) is 72.5 cm³/mol. The molecule has 20 heavy (non-hydrogen) atoms. The van der Waals surface area contributed by atoms with Crippen molar-refractivity contribution in [1.29, 1.82) is 0 Å². The van der Waals surface area contributed by atoms with E-state index in [0.717, 1.165) is 0 Å². The van der Waals surface area contributed by atoms with Crippen LogP contribution in [0.15, 0.2) is 0 Å². The summed E-state index contributed by atoms with van der Waals surface area (Å²) in [7, 11) is -6.67. The molecular formula is C11H19NO6S2. The predicted octanol–water partition coefficient (Wildman–Crippen LogP) is -0.264. The third kappa shape index (κ3) is 3.70. The molecule has 0 bridgehead atoms. The van der Waals surface area contributed by atoms with Crippen molar-refractivity contribution in [1.82, 2.24) is 4.72 Å². The Labute approximate surface area is 118 Å². The van der Waals surface area contributed by atoms with Crippen molar-refractivity contribution in [3.8, 4) is 0 Å². The van der Waals surface area contributed by atoms with Crippen molar-refractivity contribution in [2.45, 2.75) is 43.4 Å². The van der Waals surface area contributed by atoms with Gasteiger partial charge in [-0.3, -0.25) is 4.79 Å². The van der Waals surface area contributed by atoms with E-state index in [-0.39, 0.29) is 30.4 Å². The minimum Gasteiger partial charge on any atom is -0.481 e. The van der Waals surface area contributed by atoms with E-state index in [4.69, 9.17) is 5.11 Å². The highest BCUT2D eigenvalue weighted by Crippen LogP contribution is 2.27. The number of nitrogens with one attached hydrogen (secondary N) is 1. The lowest BCUT2D eigenvalue weighted by molar-refractivity contribution is -0.141. The second kappa shape index (κ2) is 5.61. The second-order valence-corrected chi connectivity index (χ2v) is 9.86. The van der Waals surface area contributed by atoms with E-state index in [1.54, 1.807) is 0 Å². The fourth-order valence-corrected chi connectivity index (χ4v) is 6.34. The molecule has 2 N–H and O–H groups in total. The van der Waals surface area contributed by atoms with Gasteiger partial charge in [0.25, 0.3) is 0 Å². The monoisotopic (exact) mass is 325 g/mol. The van der Waals surface area contributed by atoms with Crippen LogP contribution in [0.5, 0.6) is 0 Å². The summed E-state index contributed by atoms with van der Waals surface area (Å²) in [5.74, 6) is -1.58. The summed E-state index contributed by atoms with van der Waals surface area (Å²) in [4.78, 5) is 10.8. The molecule has 0 aromatic rings. The Morgan fingerprint density at radius 3 is 2.20 bits per heavy atom. The molecule has 1 aliphatic carbocycles. The molecule has 9 heteroatoms. The van der Waals surface area contributed by atoms with Gasteiger partial charge in [-0.2, -0.15) is 0 Å². The van der Waals surface area contributed by atoms with Crippen molar-refractivity contribution in [2.24, 2.45) is 5.92 Å². The first-order chi connectivity index (χ1) is 9.20. The first kappa shape index (κ1) is 15.7. The molecule has 1 saturated heterocycles. The molecular weight excluding hydrogens is 306 g/mol. The van der Waals surface area contributed by atoms with Gasteiger partial charge in [0, 0.05) is 6.04 Å². The van der Waals surface area contributed by atoms with Crippen molar-refractivity contribution >= 4 is 25.8 Å². The van der Waals surface area contributed by atoms with Gasteiger partial charge >= 0.3 is 5.97 Å². The van der Waals surface area contributed by atoms with Gasteiger partial charge in [0.1, 0.15) is 9.84 Å². The van der Waals surface area contributed by atoms with Gasteiger partial charge in [0.2, 0.25) is 10.0 Å². The lowest BCUT2D eigenvalue weighted by Gasteiger charge is -2.24. The van der Waals surface area contributed by atoms with Gasteiger partial charge in [0.15, 0.2) is 0 Å². The van der Waals surface area contributed by atoms with Crippen molar-refractivity contribution in [3.63, 3.8) is 0 Å². The van der Waals surface area contributed by atoms with Crippen LogP contribution in [0.1, 0.15) is 32.1 Å². The first-order valence-corrected chi connectivity index (χ1v) is 10.0. The normalized spacial score (nSPS) is 31.2. The molecule has 1 heterocycles. The maximum atomic E-state index is 12.2. The third-order valence-corrected chi connectivity index (χ3v) is 7.78. The third-order valence-electron chi connectivity index (χ3n) is 4.05. The smallest absolute Gasteiger partial charge is 0.306 e. The minimum absolute atomic E-state index is 0.0962. The van der Waals surface area contributed by atoms with Crippen molar-refractivity contribution < 1.29 is 26.7 Å². The van der Waals surface area contributed by atoms with E-state index >= 15 is 0 Å². The Balaban J connectivity index is 1.94. The van der Waals surface area contributed by atoms with E-state index in [1.165, 1.54) is 0 Å². The van der Waals surface area contributed by atoms with Gasteiger partial charge in [-0.1, -0.05) is 0 Å². The average Bonchev–Trinajstić information content (AvgIpc) is 2.76. The van der Waals surface area contributed by atoms with Crippen LogP contribution in [0.2, 0.25) is 0 Å². The number of carboxylic acid groups (broad SMARTS) is 1. The summed E-state index contributed by atoms with van der Waals surface area (Å²) in [5.41, 5.74) is 0. The Bertz CT molecular complexity index is 568. The van der Waals surface area contributed by atoms with E-state index in [9.17, 15) is 21.6 Å². The van der Waals surface area contributed by atoms with E-state index in [2.05, 4.69) is 4.72 Å². The number of sulfone groups is 1. The molecule has 2 fully saturated rings. The Morgan fingerprint density at radius 1 is 1.10 bits per heavy atom. The molecule has 0 radical (unpaired) electrons. The largest absolute Gasteiger partial charge is 0.481 e. The minimum atomic E-state index is -3.57. The summed E-state index contributed by atoms with van der Waals surface area (Å²) >= 11 is 0. The number of carbonyl (C=O) groups is 1. The van der Waals surface area contributed by atoms with Crippen molar-refractivity contribution in [3.05, 3.63) is 0 Å². The molecule has 0 aromatic carbocycles. The van der Waals surface area contributed by atoms with E-state index in [1.807, 2.05) is 0 Å². The summed E-state index contributed by atoms with van der Waals surface area (Å²) in [5, 5.41) is 8.21. The van der Waals surface area contributed by atoms with Crippen LogP contribution in [0.4, 0.5) is 0 Å². The molecule has 0 spiro atoms. The standard InChI is InChI=1S/C11H19NO6S2/c13-11(14)8-1-2-9(7-8)12-20(17,18)10-3-5-19(15,16)6-4-10/h8-10,12H,1-7H2,(H,13,14). The zero-order chi connectivity index (χ0) is 15.0. The van der Waals surface area contributed by atoms with Gasteiger partial charge < -0.3 is 5.11 Å². The lowest BCUT2D eigenvalue weighted by Crippen LogP contribution is -2.43. The number of rotatable bonds is 4. The second-order valence-electron chi connectivity index (χ2n) is 5.56. The van der Waals surface area contributed by atoms with Crippen LogP contribution < -0.4 is 4.72 Å². The first-order valence-electron chi connectivity index (χ1n) is 6.64. The lowest BCUT2D eigenvalue weighted by atomic mass is 10.1. The summed E-state index contributed by atoms with van der Waals surface area (Å²) < 4.78 is 49.5. The average molecular weight is 325 g/mol. The zero-order valence-corrected chi connectivity index (χ0v) is 12.6. The number of aliphatic carboxylic acids is 1. The van der Waals surface area contributed by atoms with Crippen LogP contribution in [0.25, 0.3) is 0 Å². The molecule has 0 aromatic heterocycles. The molecule has 1 saturated carbocycles. The Morgan fingerprint density at radius 2 is 1.70 bits per heavy atom. The topological polar surface area (TPSA) is 118 Å². The van der Waals surface area contributed by atoms with Crippen LogP contribution in [0.3, 0.4) is 0 Å².